The zero-order valence-electron chi connectivity index (χ0n) is 44.1. The van der Waals surface area contributed by atoms with Crippen molar-refractivity contribution in [3.8, 4) is 56.4 Å². The molecule has 0 saturated heterocycles. The number of hydrogen-bond donors (Lipinski definition) is 1. The second kappa shape index (κ2) is 33.0. The van der Waals surface area contributed by atoms with E-state index in [1.165, 1.54) is 0 Å². The Balaban J connectivity index is 0.886. The fourth-order valence-corrected chi connectivity index (χ4v) is 9.31. The predicted octanol–water partition coefficient (Wildman–Crippen LogP) is 9.35. The van der Waals surface area contributed by atoms with E-state index in [-0.39, 0.29) is 11.5 Å². The number of rotatable bonds is 0. The summed E-state index contributed by atoms with van der Waals surface area (Å²) >= 11 is 0. The fourth-order valence-electron chi connectivity index (χ4n) is 8.43. The average molecular weight is 1100 g/mol. The predicted molar refractivity (Wildman–Crippen MR) is 294 cm³/mol. The Morgan fingerprint density at radius 2 is 0.679 bits per heavy atom. The van der Waals surface area contributed by atoms with Gasteiger partial charge in [-0.25, -0.2) is 4.57 Å². The Bertz CT molecular complexity index is 2770. The van der Waals surface area contributed by atoms with Gasteiger partial charge < -0.3 is 75.4 Å². The molecule has 0 radical (unpaired) electrons. The molecular formula is C59H71O18P. The van der Waals surface area contributed by atoms with Crippen LogP contribution in [0.2, 0.25) is 0 Å². The van der Waals surface area contributed by atoms with Crippen molar-refractivity contribution in [1.29, 1.82) is 0 Å². The monoisotopic (exact) mass is 1100 g/mol. The Hall–Kier alpha value is -5.67. The van der Waals surface area contributed by atoms with Gasteiger partial charge >= 0.3 is 7.82 Å². The topological polar surface area (TPSA) is 185 Å². The minimum atomic E-state index is -4.78. The van der Waals surface area contributed by atoms with E-state index in [1.807, 2.05) is 109 Å². The first-order chi connectivity index (χ1) is 38.5. The van der Waals surface area contributed by atoms with E-state index < -0.39 is 7.82 Å². The minimum Gasteiger partial charge on any atom is -0.499 e. The van der Waals surface area contributed by atoms with Crippen LogP contribution >= 0.6 is 7.82 Å². The summed E-state index contributed by atoms with van der Waals surface area (Å²) in [7, 11) is -4.78. The van der Waals surface area contributed by atoms with Crippen LogP contribution in [0.1, 0.15) is 0 Å². The maximum Gasteiger partial charge on any atom is 0.584 e. The van der Waals surface area contributed by atoms with E-state index in [4.69, 9.17) is 75.4 Å². The van der Waals surface area contributed by atoms with E-state index in [0.717, 1.165) is 32.7 Å². The highest BCUT2D eigenvalue weighted by Gasteiger charge is 2.37. The van der Waals surface area contributed by atoms with Crippen LogP contribution in [-0.4, -0.2) is 170 Å². The van der Waals surface area contributed by atoms with E-state index in [1.54, 1.807) is 12.3 Å². The zero-order valence-corrected chi connectivity index (χ0v) is 45.0. The molecule has 1 atom stereocenters. The quantitative estimate of drug-likeness (QED) is 0.142. The molecule has 0 spiro atoms. The molecule has 4 aliphatic rings. The van der Waals surface area contributed by atoms with Crippen molar-refractivity contribution in [3.05, 3.63) is 122 Å². The number of ether oxygens (including phenoxy) is 14. The third kappa shape index (κ3) is 18.7. The fraction of sp³-hybridized carbons (Fsp3) is 0.424. The lowest BCUT2D eigenvalue weighted by molar-refractivity contribution is -0.0169. The highest BCUT2D eigenvalue weighted by Crippen LogP contribution is 2.61. The minimum absolute atomic E-state index is 0.233. The Labute approximate surface area is 455 Å². The number of hydrogen-bond acceptors (Lipinski definition) is 17. The first-order valence-corrected chi connectivity index (χ1v) is 28.0. The standard InChI is InChI=1S/C59H71O18P/c60-78(61)76-58-54-44-48-6-1-3-8-52(48)56(58)57-53-9-4-2-7-49(53)45-55(59(57)77-78)47-12-16-51(17-13-47)75-43-41-73-39-37-71-35-33-69-31-29-67-27-25-65-23-21-63-19-5-18-62-20-22-64-24-26-66-28-30-68-32-34-70-36-38-72-40-42-74-50-14-10-46(54)11-15-50/h1-18,44-45H,19-43H2,(H,60,61)/b18-5+. The molecule has 420 valence electrons. The van der Waals surface area contributed by atoms with Gasteiger partial charge in [0, 0.05) is 22.3 Å². The largest absolute Gasteiger partial charge is 0.584 e. The summed E-state index contributed by atoms with van der Waals surface area (Å²) in [5.74, 6) is 1.74. The number of phosphoric acid groups is 1. The lowest BCUT2D eigenvalue weighted by Crippen LogP contribution is -2.14. The normalized spacial score (nSPS) is 20.5. The van der Waals surface area contributed by atoms with Crippen LogP contribution in [0.15, 0.2) is 122 Å². The molecule has 0 saturated carbocycles. The molecule has 10 rings (SSSR count). The summed E-state index contributed by atoms with van der Waals surface area (Å²) in [6.07, 6.45) is 3.40. The maximum absolute atomic E-state index is 14.2. The van der Waals surface area contributed by atoms with E-state index in [9.17, 15) is 9.46 Å². The summed E-state index contributed by atoms with van der Waals surface area (Å²) < 4.78 is 106. The molecule has 18 nitrogen and oxygen atoms in total. The molecule has 0 aliphatic carbocycles. The van der Waals surface area contributed by atoms with Gasteiger partial charge in [0.25, 0.3) is 0 Å². The van der Waals surface area contributed by atoms with Gasteiger partial charge in [-0.2, -0.15) is 0 Å². The smallest absolute Gasteiger partial charge is 0.499 e. The zero-order chi connectivity index (χ0) is 53.7. The molecule has 4 aliphatic heterocycles. The van der Waals surface area contributed by atoms with Crippen LogP contribution in [0.5, 0.6) is 23.0 Å². The molecule has 6 aromatic rings. The van der Waals surface area contributed by atoms with Crippen molar-refractivity contribution in [1.82, 2.24) is 0 Å². The third-order valence-electron chi connectivity index (χ3n) is 12.1. The van der Waals surface area contributed by atoms with Gasteiger partial charge in [0.05, 0.1) is 152 Å². The molecular weight excluding hydrogens is 1030 g/mol. The Kier molecular flexibility index (Phi) is 24.8. The summed E-state index contributed by atoms with van der Waals surface area (Å²) in [6.45, 7) is 10.7. The highest BCUT2D eigenvalue weighted by atomic mass is 31.2. The van der Waals surface area contributed by atoms with Crippen molar-refractivity contribution in [2.45, 2.75) is 0 Å². The van der Waals surface area contributed by atoms with E-state index in [2.05, 4.69) is 0 Å². The molecule has 0 fully saturated rings. The van der Waals surface area contributed by atoms with Crippen LogP contribution < -0.4 is 18.5 Å². The molecule has 10 bridgehead atoms. The van der Waals surface area contributed by atoms with E-state index in [0.29, 0.717) is 199 Å². The second-order valence-corrected chi connectivity index (χ2v) is 18.8. The van der Waals surface area contributed by atoms with Crippen molar-refractivity contribution < 1.29 is 84.8 Å². The van der Waals surface area contributed by atoms with Crippen molar-refractivity contribution in [2.24, 2.45) is 0 Å². The Morgan fingerprint density at radius 1 is 0.359 bits per heavy atom. The summed E-state index contributed by atoms with van der Waals surface area (Å²) in [6, 6.07) is 34.8. The SMILES string of the molecule is O=P1(O)Oc2c3cc4ccccc4c2-c2c(c(cc4ccccc24)-c2ccc(cc2)OCCOCCOCCOCCOCCOCCOC/C=C/OCCOCCOCCOCCOCCOCCOc2ccc-3cc2)O1. The third-order valence-corrected chi connectivity index (χ3v) is 12.9. The molecule has 0 aromatic heterocycles. The van der Waals surface area contributed by atoms with Crippen LogP contribution in [0.4, 0.5) is 0 Å². The summed E-state index contributed by atoms with van der Waals surface area (Å²) in [5, 5.41) is 3.48. The molecule has 1 N–H and O–H groups in total. The van der Waals surface area contributed by atoms with Gasteiger partial charge in [0.1, 0.15) is 42.8 Å². The number of benzene rings is 6. The van der Waals surface area contributed by atoms with Gasteiger partial charge in [0.2, 0.25) is 0 Å². The lowest BCUT2D eigenvalue weighted by atomic mass is 9.86. The van der Waals surface area contributed by atoms with Crippen LogP contribution in [0, 0.1) is 0 Å². The van der Waals surface area contributed by atoms with Crippen molar-refractivity contribution in [3.63, 3.8) is 0 Å². The van der Waals surface area contributed by atoms with Crippen LogP contribution in [-0.2, 0) is 61.4 Å². The first kappa shape index (κ1) is 58.5. The van der Waals surface area contributed by atoms with Crippen molar-refractivity contribution >= 4 is 29.4 Å². The number of phosphoric ester groups is 1. The molecule has 6 aromatic carbocycles. The Morgan fingerprint density at radius 3 is 1.05 bits per heavy atom. The second-order valence-electron chi connectivity index (χ2n) is 17.5. The average Bonchev–Trinajstić information content (AvgIpc) is 3.84. The molecule has 19 heteroatoms. The molecule has 0 amide bonds. The molecule has 1 unspecified atom stereocenters. The van der Waals surface area contributed by atoms with Gasteiger partial charge in [0.15, 0.2) is 0 Å². The lowest BCUT2D eigenvalue weighted by Gasteiger charge is -2.19. The van der Waals surface area contributed by atoms with Gasteiger partial charge in [-0.3, -0.25) is 4.89 Å². The van der Waals surface area contributed by atoms with Crippen LogP contribution in [0.25, 0.3) is 54.9 Å². The maximum atomic E-state index is 14.2. The summed E-state index contributed by atoms with van der Waals surface area (Å²) in [5.41, 5.74) is 4.02. The highest BCUT2D eigenvalue weighted by molar-refractivity contribution is 7.48. The molecule has 4 heterocycles. The van der Waals surface area contributed by atoms with Crippen LogP contribution in [0.3, 0.4) is 0 Å². The number of fused-ring (bicyclic) bond motifs is 4. The van der Waals surface area contributed by atoms with Crippen molar-refractivity contribution in [2.75, 3.05) is 165 Å². The first-order valence-electron chi connectivity index (χ1n) is 26.5. The van der Waals surface area contributed by atoms with Gasteiger partial charge in [-0.15, -0.1) is 0 Å². The van der Waals surface area contributed by atoms with E-state index >= 15 is 0 Å². The van der Waals surface area contributed by atoms with Gasteiger partial charge in [-0.1, -0.05) is 72.8 Å². The van der Waals surface area contributed by atoms with Gasteiger partial charge in [-0.05, 0) is 75.1 Å². The molecule has 78 heavy (non-hydrogen) atoms. The summed E-state index contributed by atoms with van der Waals surface area (Å²) in [4.78, 5) is 11.6.